The largest absolute Gasteiger partial charge is 0.390 e. The van der Waals surface area contributed by atoms with Crippen LogP contribution in [0.25, 0.3) is 22.0 Å². The second kappa shape index (κ2) is 6.30. The number of benzene rings is 2. The van der Waals surface area contributed by atoms with Crippen LogP contribution in [-0.4, -0.2) is 35.4 Å². The Morgan fingerprint density at radius 2 is 1.89 bits per heavy atom. The van der Waals surface area contributed by atoms with Crippen LogP contribution >= 0.6 is 0 Å². The van der Waals surface area contributed by atoms with Gasteiger partial charge in [0.1, 0.15) is 0 Å². The van der Waals surface area contributed by atoms with Gasteiger partial charge in [-0.05, 0) is 74.1 Å². The van der Waals surface area contributed by atoms with E-state index in [1.165, 1.54) is 0 Å². The number of nitrogens with one attached hydrogen (secondary N) is 2. The van der Waals surface area contributed by atoms with Crippen LogP contribution in [0.4, 0.5) is 5.82 Å². The van der Waals surface area contributed by atoms with E-state index in [0.29, 0.717) is 18.7 Å². The van der Waals surface area contributed by atoms with Crippen molar-refractivity contribution in [2.75, 3.05) is 5.73 Å². The average molecular weight is 401 g/mol. The Kier molecular flexibility index (Phi) is 4.26. The van der Waals surface area contributed by atoms with Gasteiger partial charge in [0.15, 0.2) is 5.82 Å². The summed E-state index contributed by atoms with van der Waals surface area (Å²) in [6, 6.07) is 8.80. The maximum atomic E-state index is 12.7. The van der Waals surface area contributed by atoms with Crippen molar-refractivity contribution < 1.29 is 13.5 Å². The molecule has 1 aliphatic rings. The molecule has 0 aliphatic heterocycles. The second-order valence-corrected chi connectivity index (χ2v) is 9.68. The zero-order valence-corrected chi connectivity index (χ0v) is 16.9. The van der Waals surface area contributed by atoms with Crippen molar-refractivity contribution in [1.82, 2.24) is 14.9 Å². The molecule has 0 radical (unpaired) electrons. The molecule has 0 saturated heterocycles. The van der Waals surface area contributed by atoms with Crippen molar-refractivity contribution in [1.29, 1.82) is 0 Å². The lowest BCUT2D eigenvalue weighted by molar-refractivity contribution is -0.0329. The lowest BCUT2D eigenvalue weighted by Crippen LogP contribution is -2.53. The van der Waals surface area contributed by atoms with E-state index in [-0.39, 0.29) is 10.9 Å². The first-order valence-corrected chi connectivity index (χ1v) is 10.6. The summed E-state index contributed by atoms with van der Waals surface area (Å²) in [5, 5.41) is 17.7. The first kappa shape index (κ1) is 18.9. The molecular formula is C20H24N4O3S. The molecule has 28 heavy (non-hydrogen) atoms. The van der Waals surface area contributed by atoms with Crippen LogP contribution in [0.5, 0.6) is 0 Å². The minimum Gasteiger partial charge on any atom is -0.390 e. The van der Waals surface area contributed by atoms with Crippen molar-refractivity contribution in [2.45, 2.75) is 50.2 Å². The number of nitrogen functional groups attached to an aromatic ring is 1. The summed E-state index contributed by atoms with van der Waals surface area (Å²) >= 11 is 0. The number of sulfonamides is 1. The number of aliphatic hydroxyl groups is 1. The number of aromatic nitrogens is 2. The highest BCUT2D eigenvalue weighted by atomic mass is 32.2. The molecule has 0 unspecified atom stereocenters. The molecule has 1 aromatic heterocycles. The van der Waals surface area contributed by atoms with E-state index in [0.717, 1.165) is 33.2 Å². The molecule has 148 valence electrons. The summed E-state index contributed by atoms with van der Waals surface area (Å²) in [5.41, 5.74) is 9.86. The molecular weight excluding hydrogens is 376 g/mol. The van der Waals surface area contributed by atoms with Crippen LogP contribution in [0.15, 0.2) is 35.2 Å². The summed E-state index contributed by atoms with van der Waals surface area (Å²) in [4.78, 5) is 0.224. The van der Waals surface area contributed by atoms with E-state index in [4.69, 9.17) is 5.73 Å². The number of rotatable bonds is 4. The van der Waals surface area contributed by atoms with Crippen LogP contribution < -0.4 is 10.5 Å². The van der Waals surface area contributed by atoms with Gasteiger partial charge in [0.2, 0.25) is 10.0 Å². The Labute approximate surface area is 164 Å². The highest BCUT2D eigenvalue weighted by Crippen LogP contribution is 2.35. The molecule has 0 bridgehead atoms. The number of hydrogen-bond donors (Lipinski definition) is 4. The molecule has 0 atom stereocenters. The molecule has 1 saturated carbocycles. The standard InChI is InChI=1S/C20H24N4O3S/c1-11-8-14(28(26,27)24-13-9-20(3,25)10-13)4-5-15(11)16-6-7-17-18(12(16)2)19(21)23-22-17/h4-8,13,24-25H,9-10H2,1-3H3,(H3,21,22,23). The number of nitrogens with zero attached hydrogens (tertiary/aromatic N) is 1. The molecule has 0 amide bonds. The molecule has 8 heteroatoms. The zero-order chi connectivity index (χ0) is 20.3. The van der Waals surface area contributed by atoms with Gasteiger partial charge in [-0.3, -0.25) is 5.10 Å². The van der Waals surface area contributed by atoms with Gasteiger partial charge < -0.3 is 10.8 Å². The van der Waals surface area contributed by atoms with E-state index in [9.17, 15) is 13.5 Å². The quantitative estimate of drug-likeness (QED) is 0.536. The summed E-state index contributed by atoms with van der Waals surface area (Å²) < 4.78 is 28.0. The normalized spacial score (nSPS) is 22.4. The van der Waals surface area contributed by atoms with Gasteiger partial charge in [-0.15, -0.1) is 0 Å². The average Bonchev–Trinajstić information content (AvgIpc) is 2.95. The molecule has 0 spiro atoms. The molecule has 1 heterocycles. The first-order chi connectivity index (χ1) is 13.1. The lowest BCUT2D eigenvalue weighted by Gasteiger charge is -2.40. The van der Waals surface area contributed by atoms with Crippen molar-refractivity contribution in [2.24, 2.45) is 0 Å². The topological polar surface area (TPSA) is 121 Å². The van der Waals surface area contributed by atoms with E-state index in [1.54, 1.807) is 19.1 Å². The van der Waals surface area contributed by atoms with Gasteiger partial charge in [0.05, 0.1) is 16.0 Å². The molecule has 7 nitrogen and oxygen atoms in total. The fourth-order valence-corrected chi connectivity index (χ4v) is 5.40. The maximum absolute atomic E-state index is 12.7. The number of nitrogens with two attached hydrogens (primary N) is 1. The highest BCUT2D eigenvalue weighted by Gasteiger charge is 2.40. The van der Waals surface area contributed by atoms with E-state index >= 15 is 0 Å². The Bertz CT molecular complexity index is 1170. The van der Waals surface area contributed by atoms with Crippen LogP contribution in [0, 0.1) is 13.8 Å². The monoisotopic (exact) mass is 400 g/mol. The summed E-state index contributed by atoms with van der Waals surface area (Å²) in [6.45, 7) is 5.59. The number of hydrogen-bond acceptors (Lipinski definition) is 5. The van der Waals surface area contributed by atoms with Gasteiger partial charge >= 0.3 is 0 Å². The third kappa shape index (κ3) is 3.17. The number of H-pyrrole nitrogens is 1. The van der Waals surface area contributed by atoms with Gasteiger partial charge in [0.25, 0.3) is 0 Å². The van der Waals surface area contributed by atoms with Crippen LogP contribution in [0.1, 0.15) is 30.9 Å². The van der Waals surface area contributed by atoms with Crippen molar-refractivity contribution in [3.8, 4) is 11.1 Å². The minimum absolute atomic E-state index is 0.224. The maximum Gasteiger partial charge on any atom is 0.240 e. The van der Waals surface area contributed by atoms with E-state index < -0.39 is 15.6 Å². The fraction of sp³-hybridized carbons (Fsp3) is 0.350. The highest BCUT2D eigenvalue weighted by molar-refractivity contribution is 7.89. The molecule has 4 rings (SSSR count). The van der Waals surface area contributed by atoms with E-state index in [2.05, 4.69) is 14.9 Å². The second-order valence-electron chi connectivity index (χ2n) is 7.97. The predicted octanol–water partition coefficient (Wildman–Crippen LogP) is 2.62. The number of aryl methyl sites for hydroxylation is 2. The third-order valence-corrected chi connectivity index (χ3v) is 7.03. The lowest BCUT2D eigenvalue weighted by atomic mass is 9.78. The van der Waals surface area contributed by atoms with E-state index in [1.807, 2.05) is 32.0 Å². The van der Waals surface area contributed by atoms with Crippen LogP contribution in [-0.2, 0) is 10.0 Å². The van der Waals surface area contributed by atoms with Crippen LogP contribution in [0.2, 0.25) is 0 Å². The Morgan fingerprint density at radius 3 is 2.54 bits per heavy atom. The number of anilines is 1. The molecule has 1 fully saturated rings. The molecule has 5 N–H and O–H groups in total. The third-order valence-electron chi connectivity index (χ3n) is 5.51. The number of fused-ring (bicyclic) bond motifs is 1. The SMILES string of the molecule is Cc1cc(S(=O)(=O)NC2CC(C)(O)C2)ccc1-c1ccc2[nH]nc(N)c2c1C. The van der Waals surface area contributed by atoms with Gasteiger partial charge in [0, 0.05) is 11.4 Å². The van der Waals surface area contributed by atoms with Gasteiger partial charge in [-0.25, -0.2) is 13.1 Å². The minimum atomic E-state index is -3.63. The summed E-state index contributed by atoms with van der Waals surface area (Å²) in [6.07, 6.45) is 0.850. The van der Waals surface area contributed by atoms with Gasteiger partial charge in [-0.2, -0.15) is 5.10 Å². The van der Waals surface area contributed by atoms with Gasteiger partial charge in [-0.1, -0.05) is 12.1 Å². The smallest absolute Gasteiger partial charge is 0.240 e. The molecule has 2 aromatic carbocycles. The Hall–Kier alpha value is -2.42. The first-order valence-electron chi connectivity index (χ1n) is 9.16. The fourth-order valence-electron chi connectivity index (χ4n) is 4.08. The summed E-state index contributed by atoms with van der Waals surface area (Å²) in [5.74, 6) is 0.451. The van der Waals surface area contributed by atoms with Crippen molar-refractivity contribution in [3.05, 3.63) is 41.5 Å². The Morgan fingerprint density at radius 1 is 1.21 bits per heavy atom. The van der Waals surface area contributed by atoms with Crippen molar-refractivity contribution in [3.63, 3.8) is 0 Å². The number of aromatic amines is 1. The molecule has 1 aliphatic carbocycles. The summed E-state index contributed by atoms with van der Waals surface area (Å²) in [7, 11) is -3.63. The Balaban J connectivity index is 1.67. The van der Waals surface area contributed by atoms with Crippen LogP contribution in [0.3, 0.4) is 0 Å². The zero-order valence-electron chi connectivity index (χ0n) is 16.1. The van der Waals surface area contributed by atoms with Crippen molar-refractivity contribution >= 4 is 26.7 Å². The predicted molar refractivity (Wildman–Crippen MR) is 109 cm³/mol. The molecule has 3 aromatic rings.